The molecule has 0 saturated carbocycles. The van der Waals surface area contributed by atoms with Gasteiger partial charge in [0.25, 0.3) is 0 Å². The van der Waals surface area contributed by atoms with Gasteiger partial charge in [-0.1, -0.05) is 0 Å². The molecule has 0 aliphatic carbocycles. The van der Waals surface area contributed by atoms with Crippen LogP contribution in [0.3, 0.4) is 0 Å². The van der Waals surface area contributed by atoms with Crippen LogP contribution in [0, 0.1) is 5.92 Å². The van der Waals surface area contributed by atoms with Crippen LogP contribution in [0.2, 0.25) is 0 Å². The lowest BCUT2D eigenvalue weighted by atomic mass is 10.1. The molecule has 76 valence electrons. The fraction of sp³-hybridized carbons (Fsp3) is 0.625. The van der Waals surface area contributed by atoms with E-state index in [1.807, 2.05) is 6.92 Å². The van der Waals surface area contributed by atoms with Crippen LogP contribution in [0.15, 0.2) is 6.33 Å². The summed E-state index contributed by atoms with van der Waals surface area (Å²) in [6.07, 6.45) is 2.28. The second-order valence-electron chi connectivity index (χ2n) is 3.40. The molecule has 2 heterocycles. The van der Waals surface area contributed by atoms with Gasteiger partial charge >= 0.3 is 0 Å². The van der Waals surface area contributed by atoms with E-state index in [0.29, 0.717) is 12.6 Å². The number of H-pyrrole nitrogens is 1. The number of carbonyl (C=O) groups excluding carboxylic acids is 1. The molecule has 1 aliphatic heterocycles. The molecular weight excluding hydrogens is 184 g/mol. The largest absolute Gasteiger partial charge is 0.378 e. The summed E-state index contributed by atoms with van der Waals surface area (Å²) < 4.78 is 5.30. The van der Waals surface area contributed by atoms with Crippen molar-refractivity contribution in [1.82, 2.24) is 15.2 Å². The molecule has 1 aliphatic rings. The van der Waals surface area contributed by atoms with Gasteiger partial charge in [0, 0.05) is 0 Å². The third-order valence-electron chi connectivity index (χ3n) is 2.23. The van der Waals surface area contributed by atoms with Gasteiger partial charge in [-0.25, -0.2) is 5.10 Å². The molecule has 6 nitrogen and oxygen atoms in total. The number of aromatic amines is 1. The van der Waals surface area contributed by atoms with E-state index in [-0.39, 0.29) is 17.9 Å². The van der Waals surface area contributed by atoms with Crippen LogP contribution in [0.1, 0.15) is 13.3 Å². The summed E-state index contributed by atoms with van der Waals surface area (Å²) in [4.78, 5) is 15.4. The van der Waals surface area contributed by atoms with Crippen molar-refractivity contribution < 1.29 is 9.53 Å². The van der Waals surface area contributed by atoms with Gasteiger partial charge in [-0.3, -0.25) is 10.1 Å². The third-order valence-corrected chi connectivity index (χ3v) is 2.23. The van der Waals surface area contributed by atoms with Crippen molar-refractivity contribution in [3.63, 3.8) is 0 Å². The molecule has 6 heteroatoms. The van der Waals surface area contributed by atoms with Gasteiger partial charge in [-0.05, 0) is 13.3 Å². The molecule has 0 aromatic carbocycles. The highest BCUT2D eigenvalue weighted by molar-refractivity contribution is 5.91. The minimum Gasteiger partial charge on any atom is -0.378 e. The summed E-state index contributed by atoms with van der Waals surface area (Å²) in [5, 5.41) is 8.84. The molecule has 1 saturated heterocycles. The fourth-order valence-electron chi connectivity index (χ4n) is 1.48. The van der Waals surface area contributed by atoms with E-state index < -0.39 is 0 Å². The predicted molar refractivity (Wildman–Crippen MR) is 48.5 cm³/mol. The average molecular weight is 196 g/mol. The number of amides is 1. The first kappa shape index (κ1) is 9.14. The van der Waals surface area contributed by atoms with Crippen LogP contribution in [0.5, 0.6) is 0 Å². The van der Waals surface area contributed by atoms with Crippen LogP contribution in [0.25, 0.3) is 0 Å². The monoisotopic (exact) mass is 196 g/mol. The number of ether oxygens (including phenoxy) is 1. The van der Waals surface area contributed by atoms with Crippen LogP contribution >= 0.6 is 0 Å². The Labute approximate surface area is 81.1 Å². The Morgan fingerprint density at radius 2 is 2.64 bits per heavy atom. The van der Waals surface area contributed by atoms with Crippen LogP contribution in [-0.4, -0.2) is 33.8 Å². The zero-order chi connectivity index (χ0) is 9.97. The van der Waals surface area contributed by atoms with Gasteiger partial charge in [-0.2, -0.15) is 10.1 Å². The lowest BCUT2D eigenvalue weighted by molar-refractivity contribution is -0.119. The van der Waals surface area contributed by atoms with Gasteiger partial charge < -0.3 is 4.74 Å². The Balaban J connectivity index is 1.90. The number of hydrogen-bond acceptors (Lipinski definition) is 4. The zero-order valence-electron chi connectivity index (χ0n) is 7.86. The van der Waals surface area contributed by atoms with Gasteiger partial charge in [-0.15, -0.1) is 0 Å². The van der Waals surface area contributed by atoms with Crippen molar-refractivity contribution >= 4 is 11.9 Å². The summed E-state index contributed by atoms with van der Waals surface area (Å²) in [5.74, 6) is 0.246. The predicted octanol–water partition coefficient (Wildman–Crippen LogP) is 0.168. The maximum Gasteiger partial charge on any atom is 0.232 e. The maximum absolute atomic E-state index is 11.6. The minimum absolute atomic E-state index is 0.0638. The highest BCUT2D eigenvalue weighted by atomic mass is 16.5. The van der Waals surface area contributed by atoms with Gasteiger partial charge in [0.15, 0.2) is 0 Å². The quantitative estimate of drug-likeness (QED) is 0.706. The Morgan fingerprint density at radius 1 is 1.79 bits per heavy atom. The number of hydrogen-bond donors (Lipinski definition) is 2. The molecule has 0 spiro atoms. The summed E-state index contributed by atoms with van der Waals surface area (Å²) in [6.45, 7) is 2.45. The highest BCUT2D eigenvalue weighted by Crippen LogP contribution is 2.19. The minimum atomic E-state index is -0.0740. The molecule has 1 amide bonds. The third kappa shape index (κ3) is 1.90. The Bertz CT molecular complexity index is 311. The molecule has 14 heavy (non-hydrogen) atoms. The molecule has 0 bridgehead atoms. The normalized spacial score (nSPS) is 26.4. The van der Waals surface area contributed by atoms with Crippen molar-refractivity contribution in [3.8, 4) is 0 Å². The SMILES string of the molecule is CC1CC(C(=O)Nc2ncn[nH]2)CO1. The molecule has 2 unspecified atom stereocenters. The molecule has 0 radical (unpaired) electrons. The van der Waals surface area contributed by atoms with E-state index >= 15 is 0 Å². The second kappa shape index (κ2) is 3.75. The van der Waals surface area contributed by atoms with Crippen LogP contribution < -0.4 is 5.32 Å². The smallest absolute Gasteiger partial charge is 0.232 e. The lowest BCUT2D eigenvalue weighted by Gasteiger charge is -2.05. The summed E-state index contributed by atoms with van der Waals surface area (Å²) in [6, 6.07) is 0. The molecule has 1 aromatic heterocycles. The van der Waals surface area contributed by atoms with Crippen LogP contribution in [0.4, 0.5) is 5.95 Å². The van der Waals surface area contributed by atoms with Gasteiger partial charge in [0.2, 0.25) is 11.9 Å². The number of aromatic nitrogens is 3. The number of rotatable bonds is 2. The Morgan fingerprint density at radius 3 is 3.21 bits per heavy atom. The molecule has 2 rings (SSSR count). The van der Waals surface area contributed by atoms with Crippen molar-refractivity contribution in [2.75, 3.05) is 11.9 Å². The molecule has 1 fully saturated rings. The molecule has 1 aromatic rings. The fourth-order valence-corrected chi connectivity index (χ4v) is 1.48. The van der Waals surface area contributed by atoms with Crippen LogP contribution in [-0.2, 0) is 9.53 Å². The van der Waals surface area contributed by atoms with E-state index in [1.54, 1.807) is 0 Å². The highest BCUT2D eigenvalue weighted by Gasteiger charge is 2.28. The number of anilines is 1. The molecule has 2 atom stereocenters. The van der Waals surface area contributed by atoms with E-state index in [1.165, 1.54) is 6.33 Å². The number of nitrogens with zero attached hydrogens (tertiary/aromatic N) is 2. The van der Waals surface area contributed by atoms with Crippen molar-refractivity contribution in [2.45, 2.75) is 19.4 Å². The van der Waals surface area contributed by atoms with E-state index in [4.69, 9.17) is 4.74 Å². The second-order valence-corrected chi connectivity index (χ2v) is 3.40. The standard InChI is InChI=1S/C8H12N4O2/c1-5-2-6(3-14-5)7(13)11-8-9-4-10-12-8/h4-6H,2-3H2,1H3,(H2,9,10,11,12,13). The van der Waals surface area contributed by atoms with E-state index in [2.05, 4.69) is 20.5 Å². The summed E-state index contributed by atoms with van der Waals surface area (Å²) in [5.41, 5.74) is 0. The first-order valence-corrected chi connectivity index (χ1v) is 4.53. The van der Waals surface area contributed by atoms with Crippen molar-refractivity contribution in [1.29, 1.82) is 0 Å². The first-order chi connectivity index (χ1) is 6.75. The number of nitrogens with one attached hydrogen (secondary N) is 2. The number of carbonyl (C=O) groups is 1. The van der Waals surface area contributed by atoms with Gasteiger partial charge in [0.1, 0.15) is 6.33 Å². The zero-order valence-corrected chi connectivity index (χ0v) is 7.86. The molecule has 2 N–H and O–H groups in total. The molecular formula is C8H12N4O2. The summed E-state index contributed by atoms with van der Waals surface area (Å²) >= 11 is 0. The average Bonchev–Trinajstić information content (AvgIpc) is 2.75. The van der Waals surface area contributed by atoms with Crippen molar-refractivity contribution in [2.24, 2.45) is 5.92 Å². The first-order valence-electron chi connectivity index (χ1n) is 4.53. The Kier molecular flexibility index (Phi) is 2.45. The topological polar surface area (TPSA) is 79.9 Å². The van der Waals surface area contributed by atoms with Crippen molar-refractivity contribution in [3.05, 3.63) is 6.33 Å². The summed E-state index contributed by atoms with van der Waals surface area (Å²) in [7, 11) is 0. The maximum atomic E-state index is 11.6. The van der Waals surface area contributed by atoms with E-state index in [9.17, 15) is 4.79 Å². The lowest BCUT2D eigenvalue weighted by Crippen LogP contribution is -2.23. The van der Waals surface area contributed by atoms with E-state index in [0.717, 1.165) is 6.42 Å². The Hall–Kier alpha value is -1.43. The van der Waals surface area contributed by atoms with Gasteiger partial charge in [0.05, 0.1) is 18.6 Å².